The average Bonchev–Trinajstić information content (AvgIpc) is 3.39. The molecule has 32 heavy (non-hydrogen) atoms. The van der Waals surface area contributed by atoms with Crippen LogP contribution in [0.5, 0.6) is 0 Å². The molecule has 3 heterocycles. The molecule has 6 nitrogen and oxygen atoms in total. The molecule has 2 aliphatic rings. The number of hydrogen-bond donors (Lipinski definition) is 1. The highest BCUT2D eigenvalue weighted by atomic mass is 32.2. The maximum atomic E-state index is 13.7. The van der Waals surface area contributed by atoms with Crippen LogP contribution in [-0.2, 0) is 22.4 Å². The third-order valence-corrected chi connectivity index (χ3v) is 8.23. The number of nitrogens with one attached hydrogen (secondary N) is 1. The van der Waals surface area contributed by atoms with E-state index >= 15 is 0 Å². The third kappa shape index (κ3) is 4.49. The van der Waals surface area contributed by atoms with E-state index in [1.165, 1.54) is 35.0 Å². The smallest absolute Gasteiger partial charge is 0.267 e. The van der Waals surface area contributed by atoms with Gasteiger partial charge < -0.3 is 10.1 Å². The molecule has 8 heteroatoms. The van der Waals surface area contributed by atoms with Gasteiger partial charge in [0.15, 0.2) is 5.16 Å². The Bertz CT molecular complexity index is 1170. The maximum Gasteiger partial charge on any atom is 0.267 e. The predicted molar refractivity (Wildman–Crippen MR) is 129 cm³/mol. The number of thiophene rings is 1. The topological polar surface area (TPSA) is 73.2 Å². The van der Waals surface area contributed by atoms with E-state index in [1.807, 2.05) is 30.3 Å². The summed E-state index contributed by atoms with van der Waals surface area (Å²) < 4.78 is 7.26. The zero-order valence-corrected chi connectivity index (χ0v) is 19.6. The summed E-state index contributed by atoms with van der Waals surface area (Å²) in [4.78, 5) is 33.2. The highest BCUT2D eigenvalue weighted by Crippen LogP contribution is 2.34. The van der Waals surface area contributed by atoms with Gasteiger partial charge in [0.05, 0.1) is 22.9 Å². The fourth-order valence-electron chi connectivity index (χ4n) is 4.48. The van der Waals surface area contributed by atoms with Gasteiger partial charge in [-0.15, -0.1) is 11.3 Å². The Hall–Kier alpha value is -2.16. The average molecular weight is 470 g/mol. The summed E-state index contributed by atoms with van der Waals surface area (Å²) in [6.07, 6.45) is 7.61. The van der Waals surface area contributed by atoms with Crippen molar-refractivity contribution in [2.24, 2.45) is 0 Å². The molecule has 1 N–H and O–H groups in total. The number of fused-ring (bicyclic) bond motifs is 3. The van der Waals surface area contributed by atoms with Gasteiger partial charge in [0, 0.05) is 18.0 Å². The van der Waals surface area contributed by atoms with Crippen molar-refractivity contribution < 1.29 is 9.53 Å². The van der Waals surface area contributed by atoms with Crippen LogP contribution in [0.2, 0.25) is 0 Å². The number of hydrogen-bond acceptors (Lipinski definition) is 6. The molecule has 2 aromatic heterocycles. The molecular weight excluding hydrogens is 442 g/mol. The van der Waals surface area contributed by atoms with E-state index in [-0.39, 0.29) is 23.3 Å². The number of nitrogens with zero attached hydrogens (tertiary/aromatic N) is 2. The lowest BCUT2D eigenvalue weighted by Gasteiger charge is -2.13. The number of benzene rings is 1. The van der Waals surface area contributed by atoms with Gasteiger partial charge in [-0.05, 0) is 56.2 Å². The standard InChI is InChI=1S/C24H27N3O3S2/c28-20(25-14-17-10-7-13-30-17)15-31-24-26-22-21(18-11-5-2-6-12-19(18)32-22)23(29)27(24)16-8-3-1-4-9-16/h1,3-4,8-9,17H,2,5-7,10-15H2,(H,25,28)/t17-/m0/s1. The molecule has 168 valence electrons. The number of carbonyl (C=O) groups is 1. The molecule has 1 amide bonds. The zero-order valence-electron chi connectivity index (χ0n) is 18.0. The molecule has 0 spiro atoms. The van der Waals surface area contributed by atoms with Crippen LogP contribution in [0.15, 0.2) is 40.3 Å². The van der Waals surface area contributed by atoms with Crippen LogP contribution in [0.25, 0.3) is 15.9 Å². The highest BCUT2D eigenvalue weighted by Gasteiger charge is 2.23. The minimum atomic E-state index is -0.0681. The summed E-state index contributed by atoms with van der Waals surface area (Å²) in [7, 11) is 0. The Morgan fingerprint density at radius 3 is 2.84 bits per heavy atom. The second-order valence-corrected chi connectivity index (χ2v) is 10.4. The zero-order chi connectivity index (χ0) is 21.9. The normalized spacial score (nSPS) is 18.4. The molecule has 1 aromatic carbocycles. The maximum absolute atomic E-state index is 13.7. The van der Waals surface area contributed by atoms with E-state index in [0.717, 1.165) is 54.6 Å². The number of amides is 1. The summed E-state index contributed by atoms with van der Waals surface area (Å²) in [5.74, 6) is 0.143. The van der Waals surface area contributed by atoms with Crippen molar-refractivity contribution in [1.29, 1.82) is 0 Å². The molecule has 1 atom stereocenters. The van der Waals surface area contributed by atoms with Crippen molar-refractivity contribution in [3.8, 4) is 5.69 Å². The Morgan fingerprint density at radius 1 is 1.19 bits per heavy atom. The van der Waals surface area contributed by atoms with Crippen LogP contribution in [0.3, 0.4) is 0 Å². The van der Waals surface area contributed by atoms with Gasteiger partial charge in [-0.2, -0.15) is 0 Å². The van der Waals surface area contributed by atoms with E-state index in [2.05, 4.69) is 5.32 Å². The van der Waals surface area contributed by atoms with Crippen molar-refractivity contribution in [3.05, 3.63) is 51.1 Å². The predicted octanol–water partition coefficient (Wildman–Crippen LogP) is 4.10. The van der Waals surface area contributed by atoms with Gasteiger partial charge >= 0.3 is 0 Å². The van der Waals surface area contributed by atoms with Crippen LogP contribution in [0.4, 0.5) is 0 Å². The lowest BCUT2D eigenvalue weighted by molar-refractivity contribution is -0.119. The second kappa shape index (κ2) is 9.77. The Balaban J connectivity index is 1.47. The second-order valence-electron chi connectivity index (χ2n) is 8.34. The SMILES string of the molecule is O=C(CSc1nc2sc3c(c2c(=O)n1-c1ccccc1)CCCCC3)NC[C@@H]1CCCO1. The number of ether oxygens (including phenoxy) is 1. The monoisotopic (exact) mass is 469 g/mol. The van der Waals surface area contributed by atoms with Crippen molar-refractivity contribution in [3.63, 3.8) is 0 Å². The molecule has 1 fully saturated rings. The molecule has 1 aliphatic heterocycles. The number of carbonyl (C=O) groups excluding carboxylic acids is 1. The number of aromatic nitrogens is 2. The van der Waals surface area contributed by atoms with E-state index in [0.29, 0.717) is 11.7 Å². The summed E-state index contributed by atoms with van der Waals surface area (Å²) in [6, 6.07) is 9.61. The summed E-state index contributed by atoms with van der Waals surface area (Å²) in [5, 5.41) is 4.29. The first-order chi connectivity index (χ1) is 15.7. The fraction of sp³-hybridized carbons (Fsp3) is 0.458. The van der Waals surface area contributed by atoms with E-state index < -0.39 is 0 Å². The van der Waals surface area contributed by atoms with E-state index in [9.17, 15) is 9.59 Å². The molecule has 1 saturated heterocycles. The Kier molecular flexibility index (Phi) is 6.62. The highest BCUT2D eigenvalue weighted by molar-refractivity contribution is 7.99. The van der Waals surface area contributed by atoms with Crippen molar-refractivity contribution >= 4 is 39.2 Å². The molecule has 3 aromatic rings. The minimum absolute atomic E-state index is 0.0251. The lowest BCUT2D eigenvalue weighted by atomic mass is 10.1. The first kappa shape index (κ1) is 21.7. The molecule has 0 bridgehead atoms. The van der Waals surface area contributed by atoms with Crippen molar-refractivity contribution in [1.82, 2.24) is 14.9 Å². The molecule has 0 unspecified atom stereocenters. The van der Waals surface area contributed by atoms with E-state index in [1.54, 1.807) is 15.9 Å². The van der Waals surface area contributed by atoms with Crippen LogP contribution in [0, 0.1) is 0 Å². The van der Waals surface area contributed by atoms with Crippen LogP contribution < -0.4 is 10.9 Å². The summed E-state index contributed by atoms with van der Waals surface area (Å²) in [5.41, 5.74) is 1.95. The van der Waals surface area contributed by atoms with Gasteiger partial charge in [-0.1, -0.05) is 36.4 Å². The fourth-order valence-corrected chi connectivity index (χ4v) is 6.62. The number of rotatable bonds is 6. The first-order valence-corrected chi connectivity index (χ1v) is 13.1. The first-order valence-electron chi connectivity index (χ1n) is 11.3. The molecule has 5 rings (SSSR count). The number of thioether (sulfide) groups is 1. The Morgan fingerprint density at radius 2 is 2.03 bits per heavy atom. The lowest BCUT2D eigenvalue weighted by Crippen LogP contribution is -2.33. The molecule has 1 aliphatic carbocycles. The molecule has 0 radical (unpaired) electrons. The van der Waals surface area contributed by atoms with Crippen LogP contribution in [-0.4, -0.2) is 40.5 Å². The quantitative estimate of drug-likeness (QED) is 0.334. The number of aryl methyl sites for hydroxylation is 2. The van der Waals surface area contributed by atoms with Crippen LogP contribution >= 0.6 is 23.1 Å². The summed E-state index contributed by atoms with van der Waals surface area (Å²) in [6.45, 7) is 1.31. The molecular formula is C24H27N3O3S2. The van der Waals surface area contributed by atoms with E-state index in [4.69, 9.17) is 9.72 Å². The Labute approximate surface area is 195 Å². The van der Waals surface area contributed by atoms with Gasteiger partial charge in [-0.3, -0.25) is 14.2 Å². The van der Waals surface area contributed by atoms with Gasteiger partial charge in [0.2, 0.25) is 5.91 Å². The van der Waals surface area contributed by atoms with Gasteiger partial charge in [0.25, 0.3) is 5.56 Å². The van der Waals surface area contributed by atoms with Crippen molar-refractivity contribution in [2.75, 3.05) is 18.9 Å². The minimum Gasteiger partial charge on any atom is -0.376 e. The third-order valence-electron chi connectivity index (χ3n) is 6.11. The van der Waals surface area contributed by atoms with Gasteiger partial charge in [0.1, 0.15) is 4.83 Å². The van der Waals surface area contributed by atoms with Crippen LogP contribution in [0.1, 0.15) is 42.5 Å². The van der Waals surface area contributed by atoms with Gasteiger partial charge in [-0.25, -0.2) is 4.98 Å². The number of para-hydroxylation sites is 1. The van der Waals surface area contributed by atoms with Crippen molar-refractivity contribution in [2.45, 2.75) is 56.2 Å². The summed E-state index contributed by atoms with van der Waals surface area (Å²) >= 11 is 2.97. The molecule has 0 saturated carbocycles. The largest absolute Gasteiger partial charge is 0.376 e.